The molecule has 0 saturated carbocycles. The Labute approximate surface area is 75.2 Å². The zero-order valence-electron chi connectivity index (χ0n) is 7.08. The van der Waals surface area contributed by atoms with Crippen molar-refractivity contribution in [3.05, 3.63) is 0 Å². The number of aliphatic carboxylic acids is 1. The van der Waals surface area contributed by atoms with Crippen LogP contribution in [0, 0.1) is 0 Å². The van der Waals surface area contributed by atoms with Crippen molar-refractivity contribution >= 4 is 11.9 Å². The van der Waals surface area contributed by atoms with Crippen LogP contribution in [0.1, 0.15) is 12.8 Å². The molecule has 1 saturated heterocycles. The van der Waals surface area contributed by atoms with Crippen molar-refractivity contribution in [1.82, 2.24) is 10.8 Å². The van der Waals surface area contributed by atoms with E-state index in [0.29, 0.717) is 0 Å². The smallest absolute Gasteiger partial charge is 0.332 e. The van der Waals surface area contributed by atoms with Crippen LogP contribution in [-0.4, -0.2) is 36.2 Å². The first-order valence-electron chi connectivity index (χ1n) is 4.07. The van der Waals surface area contributed by atoms with Crippen LogP contribution in [-0.2, 0) is 14.4 Å². The molecule has 6 nitrogen and oxygen atoms in total. The number of hydroxylamine groups is 1. The molecule has 1 rings (SSSR count). The molecule has 0 bridgehead atoms. The maximum Gasteiger partial charge on any atom is 0.332 e. The van der Waals surface area contributed by atoms with Gasteiger partial charge in [0, 0.05) is 0 Å². The van der Waals surface area contributed by atoms with Gasteiger partial charge in [0.05, 0.1) is 6.04 Å². The molecule has 0 aromatic heterocycles. The van der Waals surface area contributed by atoms with Crippen molar-refractivity contribution in [2.24, 2.45) is 0 Å². The molecule has 1 heterocycles. The van der Waals surface area contributed by atoms with Crippen LogP contribution < -0.4 is 10.8 Å². The van der Waals surface area contributed by atoms with E-state index in [4.69, 9.17) is 5.11 Å². The molecule has 0 radical (unpaired) electrons. The highest BCUT2D eigenvalue weighted by atomic mass is 16.7. The fourth-order valence-electron chi connectivity index (χ4n) is 1.15. The molecular formula is C7H12N2O4. The summed E-state index contributed by atoms with van der Waals surface area (Å²) in [5.41, 5.74) is 2.07. The Bertz CT molecular complexity index is 201. The third kappa shape index (κ3) is 3.39. The van der Waals surface area contributed by atoms with Gasteiger partial charge in [0.25, 0.3) is 5.91 Å². The van der Waals surface area contributed by atoms with E-state index in [1.165, 1.54) is 0 Å². The largest absolute Gasteiger partial charge is 0.479 e. The molecule has 1 aliphatic rings. The fourth-order valence-corrected chi connectivity index (χ4v) is 1.15. The summed E-state index contributed by atoms with van der Waals surface area (Å²) in [5.74, 6) is -1.42. The summed E-state index contributed by atoms with van der Waals surface area (Å²) in [7, 11) is 0. The summed E-state index contributed by atoms with van der Waals surface area (Å²) in [6.07, 6.45) is 1.72. The predicted octanol–water partition coefficient (Wildman–Crippen LogP) is -1.13. The number of rotatable bonds is 4. The molecule has 3 N–H and O–H groups in total. The number of hydrogen-bond acceptors (Lipinski definition) is 4. The van der Waals surface area contributed by atoms with Crippen molar-refractivity contribution in [3.63, 3.8) is 0 Å². The van der Waals surface area contributed by atoms with Crippen molar-refractivity contribution in [2.45, 2.75) is 18.9 Å². The summed E-state index contributed by atoms with van der Waals surface area (Å²) in [4.78, 5) is 25.6. The van der Waals surface area contributed by atoms with Crippen LogP contribution >= 0.6 is 0 Å². The first-order chi connectivity index (χ1) is 6.20. The number of nitrogens with one attached hydrogen (secondary N) is 2. The number of hydrogen-bond donors (Lipinski definition) is 3. The predicted molar refractivity (Wildman–Crippen MR) is 42.8 cm³/mol. The number of amides is 1. The molecule has 1 fully saturated rings. The van der Waals surface area contributed by atoms with Gasteiger partial charge in [-0.2, -0.15) is 0 Å². The van der Waals surface area contributed by atoms with Crippen LogP contribution in [0.3, 0.4) is 0 Å². The summed E-state index contributed by atoms with van der Waals surface area (Å²) < 4.78 is 0. The van der Waals surface area contributed by atoms with E-state index in [1.807, 2.05) is 0 Å². The van der Waals surface area contributed by atoms with E-state index in [2.05, 4.69) is 15.6 Å². The molecule has 0 aliphatic carbocycles. The molecule has 0 aromatic carbocycles. The molecule has 0 spiro atoms. The fraction of sp³-hybridized carbons (Fsp3) is 0.714. The molecule has 0 aromatic rings. The van der Waals surface area contributed by atoms with E-state index in [-0.39, 0.29) is 11.9 Å². The highest BCUT2D eigenvalue weighted by Gasteiger charge is 2.21. The third-order valence-corrected chi connectivity index (χ3v) is 1.75. The van der Waals surface area contributed by atoms with E-state index in [9.17, 15) is 9.59 Å². The van der Waals surface area contributed by atoms with E-state index < -0.39 is 12.6 Å². The lowest BCUT2D eigenvalue weighted by atomic mass is 10.2. The Morgan fingerprint density at radius 3 is 2.92 bits per heavy atom. The third-order valence-electron chi connectivity index (χ3n) is 1.75. The average molecular weight is 188 g/mol. The number of carbonyl (C=O) groups is 2. The van der Waals surface area contributed by atoms with E-state index in [1.54, 1.807) is 0 Å². The molecule has 6 heteroatoms. The first-order valence-corrected chi connectivity index (χ1v) is 4.07. The Balaban J connectivity index is 2.13. The first kappa shape index (κ1) is 9.94. The SMILES string of the molecule is O=C(O)CONC(=O)C1CCCN1. The van der Waals surface area contributed by atoms with Gasteiger partial charge in [-0.25, -0.2) is 10.3 Å². The Kier molecular flexibility index (Phi) is 3.66. The molecule has 13 heavy (non-hydrogen) atoms. The normalized spacial score (nSPS) is 21.4. The minimum absolute atomic E-state index is 0.242. The molecule has 1 atom stereocenters. The van der Waals surface area contributed by atoms with E-state index >= 15 is 0 Å². The Morgan fingerprint density at radius 2 is 2.38 bits per heavy atom. The maximum absolute atomic E-state index is 11.1. The second kappa shape index (κ2) is 4.78. The Morgan fingerprint density at radius 1 is 1.62 bits per heavy atom. The van der Waals surface area contributed by atoms with Gasteiger partial charge < -0.3 is 10.4 Å². The zero-order chi connectivity index (χ0) is 9.68. The van der Waals surface area contributed by atoms with Crippen LogP contribution in [0.5, 0.6) is 0 Å². The van der Waals surface area contributed by atoms with E-state index in [0.717, 1.165) is 19.4 Å². The van der Waals surface area contributed by atoms with Crippen LogP contribution in [0.25, 0.3) is 0 Å². The summed E-state index contributed by atoms with van der Waals surface area (Å²) in [6.45, 7) is 0.301. The van der Waals surface area contributed by atoms with Gasteiger partial charge in [-0.3, -0.25) is 9.63 Å². The highest BCUT2D eigenvalue weighted by molar-refractivity contribution is 5.81. The van der Waals surface area contributed by atoms with Crippen molar-refractivity contribution in [2.75, 3.05) is 13.2 Å². The van der Waals surface area contributed by atoms with Gasteiger partial charge in [0.1, 0.15) is 0 Å². The summed E-state index contributed by atoms with van der Waals surface area (Å²) in [6, 6.07) is -0.242. The van der Waals surface area contributed by atoms with Gasteiger partial charge in [0.2, 0.25) is 0 Å². The molecule has 1 aliphatic heterocycles. The van der Waals surface area contributed by atoms with Crippen LogP contribution in [0.2, 0.25) is 0 Å². The summed E-state index contributed by atoms with van der Waals surface area (Å²) in [5, 5.41) is 11.2. The molecule has 1 unspecified atom stereocenters. The van der Waals surface area contributed by atoms with Gasteiger partial charge in [-0.1, -0.05) is 0 Å². The summed E-state index contributed by atoms with van der Waals surface area (Å²) >= 11 is 0. The monoisotopic (exact) mass is 188 g/mol. The highest BCUT2D eigenvalue weighted by Crippen LogP contribution is 2.03. The lowest BCUT2D eigenvalue weighted by Crippen LogP contribution is -2.41. The minimum Gasteiger partial charge on any atom is -0.479 e. The van der Waals surface area contributed by atoms with Gasteiger partial charge in [-0.15, -0.1) is 0 Å². The van der Waals surface area contributed by atoms with Crippen LogP contribution in [0.4, 0.5) is 0 Å². The van der Waals surface area contributed by atoms with Crippen molar-refractivity contribution in [3.8, 4) is 0 Å². The van der Waals surface area contributed by atoms with Gasteiger partial charge in [0.15, 0.2) is 6.61 Å². The van der Waals surface area contributed by atoms with Crippen LogP contribution in [0.15, 0.2) is 0 Å². The molecule has 1 amide bonds. The minimum atomic E-state index is -1.11. The maximum atomic E-state index is 11.1. The molecule has 74 valence electrons. The second-order valence-electron chi connectivity index (χ2n) is 2.80. The number of carboxylic acid groups (broad SMARTS) is 1. The van der Waals surface area contributed by atoms with Gasteiger partial charge in [-0.05, 0) is 19.4 Å². The van der Waals surface area contributed by atoms with Crippen molar-refractivity contribution in [1.29, 1.82) is 0 Å². The Hall–Kier alpha value is -1.14. The lowest BCUT2D eigenvalue weighted by Gasteiger charge is -2.09. The van der Waals surface area contributed by atoms with Gasteiger partial charge >= 0.3 is 5.97 Å². The molecular weight excluding hydrogens is 176 g/mol. The standard InChI is InChI=1S/C7H12N2O4/c10-6(11)4-13-9-7(12)5-2-1-3-8-5/h5,8H,1-4H2,(H,9,12)(H,10,11). The van der Waals surface area contributed by atoms with Crippen molar-refractivity contribution < 1.29 is 19.5 Å². The topological polar surface area (TPSA) is 87.7 Å². The second-order valence-corrected chi connectivity index (χ2v) is 2.80. The quantitative estimate of drug-likeness (QED) is 0.486. The number of carboxylic acids is 1. The average Bonchev–Trinajstić information content (AvgIpc) is 2.55. The number of carbonyl (C=O) groups excluding carboxylic acids is 1. The lowest BCUT2D eigenvalue weighted by molar-refractivity contribution is -0.149. The zero-order valence-corrected chi connectivity index (χ0v) is 7.08.